The van der Waals surface area contributed by atoms with Crippen molar-refractivity contribution in [3.05, 3.63) is 0 Å². The minimum atomic E-state index is 0.465. The standard InChI is InChI=1S/C13H26N2/c1-11(2)13(6-7-13)10-15-9-12(8-14)4-3-5-12/h11,15H,3-10,14H2,1-2H3. The van der Waals surface area contributed by atoms with E-state index in [0.717, 1.165) is 19.0 Å². The fraction of sp³-hybridized carbons (Fsp3) is 1.00. The summed E-state index contributed by atoms with van der Waals surface area (Å²) in [6.07, 6.45) is 6.91. The second kappa shape index (κ2) is 4.06. The molecule has 0 bridgehead atoms. The van der Waals surface area contributed by atoms with Crippen molar-refractivity contribution in [2.75, 3.05) is 19.6 Å². The Morgan fingerprint density at radius 2 is 1.80 bits per heavy atom. The molecule has 0 aromatic heterocycles. The van der Waals surface area contributed by atoms with E-state index in [1.165, 1.54) is 38.6 Å². The van der Waals surface area contributed by atoms with Gasteiger partial charge in [-0.15, -0.1) is 0 Å². The molecule has 2 saturated carbocycles. The number of rotatable bonds is 6. The lowest BCUT2D eigenvalue weighted by atomic mass is 9.69. The second-order valence-electron chi connectivity index (χ2n) is 6.18. The quantitative estimate of drug-likeness (QED) is 0.705. The van der Waals surface area contributed by atoms with E-state index >= 15 is 0 Å². The monoisotopic (exact) mass is 210 g/mol. The molecule has 0 saturated heterocycles. The lowest BCUT2D eigenvalue weighted by Gasteiger charge is -2.41. The molecule has 0 radical (unpaired) electrons. The molecule has 2 aliphatic rings. The van der Waals surface area contributed by atoms with Crippen LogP contribution in [0.5, 0.6) is 0 Å². The van der Waals surface area contributed by atoms with Crippen molar-refractivity contribution in [3.63, 3.8) is 0 Å². The molecular weight excluding hydrogens is 184 g/mol. The lowest BCUT2D eigenvalue weighted by molar-refractivity contribution is 0.136. The zero-order valence-electron chi connectivity index (χ0n) is 10.3. The van der Waals surface area contributed by atoms with Crippen molar-refractivity contribution in [2.45, 2.75) is 46.0 Å². The van der Waals surface area contributed by atoms with Crippen LogP contribution in [0.1, 0.15) is 46.0 Å². The van der Waals surface area contributed by atoms with Gasteiger partial charge in [0.25, 0.3) is 0 Å². The first-order valence-corrected chi connectivity index (χ1v) is 6.53. The summed E-state index contributed by atoms with van der Waals surface area (Å²) in [6, 6.07) is 0. The first kappa shape index (κ1) is 11.4. The molecule has 2 nitrogen and oxygen atoms in total. The number of nitrogens with one attached hydrogen (secondary N) is 1. The highest BCUT2D eigenvalue weighted by atomic mass is 14.9. The maximum absolute atomic E-state index is 5.85. The van der Waals surface area contributed by atoms with E-state index in [-0.39, 0.29) is 0 Å². The Morgan fingerprint density at radius 3 is 2.13 bits per heavy atom. The maximum Gasteiger partial charge on any atom is 0.00201 e. The molecule has 0 spiro atoms. The van der Waals surface area contributed by atoms with Gasteiger partial charge in [0.2, 0.25) is 0 Å². The van der Waals surface area contributed by atoms with Gasteiger partial charge in [0, 0.05) is 13.1 Å². The second-order valence-corrected chi connectivity index (χ2v) is 6.18. The van der Waals surface area contributed by atoms with Gasteiger partial charge >= 0.3 is 0 Å². The van der Waals surface area contributed by atoms with Gasteiger partial charge in [0.1, 0.15) is 0 Å². The minimum Gasteiger partial charge on any atom is -0.330 e. The third kappa shape index (κ3) is 2.21. The molecule has 2 aliphatic carbocycles. The fourth-order valence-corrected chi connectivity index (χ4v) is 2.83. The Morgan fingerprint density at radius 1 is 1.13 bits per heavy atom. The molecule has 15 heavy (non-hydrogen) atoms. The molecule has 2 heteroatoms. The van der Waals surface area contributed by atoms with Crippen molar-refractivity contribution in [3.8, 4) is 0 Å². The molecule has 0 heterocycles. The first-order valence-electron chi connectivity index (χ1n) is 6.53. The molecule has 0 atom stereocenters. The maximum atomic E-state index is 5.85. The van der Waals surface area contributed by atoms with Gasteiger partial charge < -0.3 is 11.1 Å². The minimum absolute atomic E-state index is 0.465. The number of hydrogen-bond acceptors (Lipinski definition) is 2. The van der Waals surface area contributed by atoms with E-state index in [0.29, 0.717) is 10.8 Å². The van der Waals surface area contributed by atoms with E-state index in [1.807, 2.05) is 0 Å². The first-order chi connectivity index (χ1) is 7.13. The zero-order valence-corrected chi connectivity index (χ0v) is 10.3. The summed E-state index contributed by atoms with van der Waals surface area (Å²) >= 11 is 0. The van der Waals surface area contributed by atoms with Gasteiger partial charge in [0.05, 0.1) is 0 Å². The Kier molecular flexibility index (Phi) is 3.09. The normalized spacial score (nSPS) is 26.4. The van der Waals surface area contributed by atoms with Gasteiger partial charge in [-0.25, -0.2) is 0 Å². The molecule has 0 amide bonds. The van der Waals surface area contributed by atoms with Crippen molar-refractivity contribution in [1.29, 1.82) is 0 Å². The molecule has 2 rings (SSSR count). The molecule has 0 aromatic rings. The number of hydrogen-bond donors (Lipinski definition) is 2. The van der Waals surface area contributed by atoms with Crippen LogP contribution in [-0.4, -0.2) is 19.6 Å². The van der Waals surface area contributed by atoms with Crippen molar-refractivity contribution >= 4 is 0 Å². The summed E-state index contributed by atoms with van der Waals surface area (Å²) in [5.41, 5.74) is 6.96. The topological polar surface area (TPSA) is 38.0 Å². The van der Waals surface area contributed by atoms with Crippen LogP contribution in [0, 0.1) is 16.7 Å². The molecular formula is C13H26N2. The number of nitrogens with two attached hydrogens (primary N) is 1. The third-order valence-corrected chi connectivity index (χ3v) is 4.94. The van der Waals surface area contributed by atoms with Crippen molar-refractivity contribution < 1.29 is 0 Å². The highest BCUT2D eigenvalue weighted by molar-refractivity contribution is 4.98. The summed E-state index contributed by atoms with van der Waals surface area (Å²) in [5, 5.41) is 3.68. The van der Waals surface area contributed by atoms with Crippen LogP contribution < -0.4 is 11.1 Å². The van der Waals surface area contributed by atoms with Crippen molar-refractivity contribution in [2.24, 2.45) is 22.5 Å². The predicted octanol–water partition coefficient (Wildman–Crippen LogP) is 2.14. The Hall–Kier alpha value is -0.0800. The molecule has 2 fully saturated rings. The van der Waals surface area contributed by atoms with Gasteiger partial charge in [-0.1, -0.05) is 20.3 Å². The smallest absolute Gasteiger partial charge is 0.00201 e. The average Bonchev–Trinajstić information content (AvgIpc) is 2.91. The molecule has 0 unspecified atom stereocenters. The van der Waals surface area contributed by atoms with E-state index in [9.17, 15) is 0 Å². The highest BCUT2D eigenvalue weighted by Crippen LogP contribution is 2.51. The van der Waals surface area contributed by atoms with E-state index in [4.69, 9.17) is 5.73 Å². The summed E-state index contributed by atoms with van der Waals surface area (Å²) in [6.45, 7) is 7.95. The summed E-state index contributed by atoms with van der Waals surface area (Å²) < 4.78 is 0. The highest BCUT2D eigenvalue weighted by Gasteiger charge is 2.45. The largest absolute Gasteiger partial charge is 0.330 e. The van der Waals surface area contributed by atoms with Crippen LogP contribution >= 0.6 is 0 Å². The van der Waals surface area contributed by atoms with Gasteiger partial charge in [0.15, 0.2) is 0 Å². The Bertz CT molecular complexity index is 207. The SMILES string of the molecule is CC(C)C1(CNCC2(CN)CCC2)CC1. The average molecular weight is 210 g/mol. The van der Waals surface area contributed by atoms with E-state index < -0.39 is 0 Å². The van der Waals surface area contributed by atoms with Gasteiger partial charge in [-0.3, -0.25) is 0 Å². The van der Waals surface area contributed by atoms with Gasteiger partial charge in [-0.2, -0.15) is 0 Å². The summed E-state index contributed by atoms with van der Waals surface area (Å²) in [7, 11) is 0. The summed E-state index contributed by atoms with van der Waals surface area (Å²) in [4.78, 5) is 0. The van der Waals surface area contributed by atoms with Crippen LogP contribution in [0.2, 0.25) is 0 Å². The van der Waals surface area contributed by atoms with Crippen LogP contribution in [0.25, 0.3) is 0 Å². The van der Waals surface area contributed by atoms with Gasteiger partial charge in [-0.05, 0) is 49.0 Å². The van der Waals surface area contributed by atoms with Crippen molar-refractivity contribution in [1.82, 2.24) is 5.32 Å². The molecule has 0 aromatic carbocycles. The molecule has 88 valence electrons. The molecule has 0 aliphatic heterocycles. The third-order valence-electron chi connectivity index (χ3n) is 4.94. The van der Waals surface area contributed by atoms with E-state index in [2.05, 4.69) is 19.2 Å². The molecule has 3 N–H and O–H groups in total. The lowest BCUT2D eigenvalue weighted by Crippen LogP contribution is -2.46. The van der Waals surface area contributed by atoms with E-state index in [1.54, 1.807) is 0 Å². The zero-order chi connectivity index (χ0) is 10.9. The van der Waals surface area contributed by atoms with Crippen LogP contribution in [0.15, 0.2) is 0 Å². The predicted molar refractivity (Wildman–Crippen MR) is 64.7 cm³/mol. The van der Waals surface area contributed by atoms with Crippen LogP contribution in [0.4, 0.5) is 0 Å². The Labute approximate surface area is 94.0 Å². The summed E-state index contributed by atoms with van der Waals surface area (Å²) in [5.74, 6) is 0.834. The van der Waals surface area contributed by atoms with Crippen LogP contribution in [-0.2, 0) is 0 Å². The Balaban J connectivity index is 1.70. The fourth-order valence-electron chi connectivity index (χ4n) is 2.83. The van der Waals surface area contributed by atoms with Crippen LogP contribution in [0.3, 0.4) is 0 Å².